The van der Waals surface area contributed by atoms with Gasteiger partial charge in [-0.25, -0.2) is 0 Å². The molecule has 0 radical (unpaired) electrons. The normalized spacial score (nSPS) is 11.5. The molecule has 0 aliphatic rings. The third-order valence-corrected chi connectivity index (χ3v) is 4.84. The van der Waals surface area contributed by atoms with Crippen LogP contribution in [0.3, 0.4) is 0 Å². The van der Waals surface area contributed by atoms with E-state index in [0.717, 1.165) is 10.4 Å². The molecule has 0 saturated heterocycles. The third-order valence-electron chi connectivity index (χ3n) is 2.60. The molecule has 4 heteroatoms. The predicted molar refractivity (Wildman–Crippen MR) is 78.5 cm³/mol. The van der Waals surface area contributed by atoms with Crippen LogP contribution < -0.4 is 5.32 Å². The molecule has 2 nitrogen and oxygen atoms in total. The summed E-state index contributed by atoms with van der Waals surface area (Å²) in [4.78, 5) is 14.0. The van der Waals surface area contributed by atoms with E-state index >= 15 is 0 Å². The van der Waals surface area contributed by atoms with Crippen LogP contribution in [0.1, 0.15) is 40.9 Å². The number of carbonyl (C=O) groups excluding carboxylic acids is 1. The minimum absolute atomic E-state index is 0.0155. The minimum Gasteiger partial charge on any atom is -0.347 e. The van der Waals surface area contributed by atoms with Crippen molar-refractivity contribution in [2.24, 2.45) is 0 Å². The average molecular weight is 279 g/mol. The fourth-order valence-corrected chi connectivity index (χ4v) is 3.17. The van der Waals surface area contributed by atoms with E-state index in [9.17, 15) is 4.79 Å². The van der Waals surface area contributed by atoms with Gasteiger partial charge >= 0.3 is 0 Å². The van der Waals surface area contributed by atoms with E-state index in [1.54, 1.807) is 22.7 Å². The van der Waals surface area contributed by atoms with Gasteiger partial charge < -0.3 is 5.32 Å². The van der Waals surface area contributed by atoms with Crippen LogP contribution in [0.15, 0.2) is 29.0 Å². The van der Waals surface area contributed by atoms with Crippen LogP contribution in [0.4, 0.5) is 0 Å². The summed E-state index contributed by atoms with van der Waals surface area (Å²) in [6, 6.07) is 5.98. The summed E-state index contributed by atoms with van der Waals surface area (Å²) in [7, 11) is 0. The van der Waals surface area contributed by atoms with E-state index in [1.165, 1.54) is 4.88 Å². The maximum absolute atomic E-state index is 12.0. The summed E-state index contributed by atoms with van der Waals surface area (Å²) in [6.07, 6.45) is 0. The molecule has 1 N–H and O–H groups in total. The lowest BCUT2D eigenvalue weighted by atomic mass is 9.95. The van der Waals surface area contributed by atoms with Gasteiger partial charge in [-0.3, -0.25) is 4.79 Å². The van der Waals surface area contributed by atoms with Crippen LogP contribution >= 0.6 is 22.7 Å². The maximum atomic E-state index is 12.0. The fraction of sp³-hybridized carbons (Fsp3) is 0.357. The SMILES string of the molecule is CC(C)(C)c1ccc(C(=O)NCc2ccsc2)s1. The zero-order valence-corrected chi connectivity index (χ0v) is 12.5. The molecule has 96 valence electrons. The Labute approximate surface area is 116 Å². The highest BCUT2D eigenvalue weighted by atomic mass is 32.1. The first-order valence-electron chi connectivity index (χ1n) is 5.86. The van der Waals surface area contributed by atoms with Gasteiger partial charge in [0.05, 0.1) is 4.88 Å². The van der Waals surface area contributed by atoms with Gasteiger partial charge in [0.15, 0.2) is 0 Å². The number of amides is 1. The molecule has 0 bridgehead atoms. The van der Waals surface area contributed by atoms with Crippen molar-refractivity contribution < 1.29 is 4.79 Å². The van der Waals surface area contributed by atoms with Gasteiger partial charge in [0, 0.05) is 11.4 Å². The predicted octanol–water partition coefficient (Wildman–Crippen LogP) is 4.04. The molecule has 1 amide bonds. The number of hydrogen-bond donors (Lipinski definition) is 1. The fourth-order valence-electron chi connectivity index (χ4n) is 1.53. The van der Waals surface area contributed by atoms with Gasteiger partial charge in [0.1, 0.15) is 0 Å². The summed E-state index contributed by atoms with van der Waals surface area (Å²) in [5.41, 5.74) is 1.26. The first kappa shape index (κ1) is 13.3. The van der Waals surface area contributed by atoms with E-state index in [1.807, 2.05) is 23.6 Å². The molecule has 2 heterocycles. The van der Waals surface area contributed by atoms with E-state index in [2.05, 4.69) is 31.5 Å². The van der Waals surface area contributed by atoms with Crippen molar-refractivity contribution >= 4 is 28.6 Å². The molecule has 2 aromatic rings. The van der Waals surface area contributed by atoms with E-state index < -0.39 is 0 Å². The smallest absolute Gasteiger partial charge is 0.261 e. The van der Waals surface area contributed by atoms with Gasteiger partial charge in [-0.15, -0.1) is 11.3 Å². The highest BCUT2D eigenvalue weighted by Gasteiger charge is 2.18. The number of thiophene rings is 2. The molecule has 0 aliphatic carbocycles. The Morgan fingerprint density at radius 3 is 2.61 bits per heavy atom. The molecule has 0 aromatic carbocycles. The summed E-state index contributed by atoms with van der Waals surface area (Å²) < 4.78 is 0. The summed E-state index contributed by atoms with van der Waals surface area (Å²) >= 11 is 3.22. The Morgan fingerprint density at radius 1 is 1.28 bits per heavy atom. The second-order valence-corrected chi connectivity index (χ2v) is 7.09. The quantitative estimate of drug-likeness (QED) is 0.902. The Bertz CT molecular complexity index is 520. The first-order valence-corrected chi connectivity index (χ1v) is 7.62. The minimum atomic E-state index is 0.0155. The van der Waals surface area contributed by atoms with Gasteiger partial charge in [-0.2, -0.15) is 11.3 Å². The Balaban J connectivity index is 1.99. The van der Waals surface area contributed by atoms with E-state index in [-0.39, 0.29) is 11.3 Å². The number of carbonyl (C=O) groups is 1. The van der Waals surface area contributed by atoms with Crippen LogP contribution in [0.5, 0.6) is 0 Å². The highest BCUT2D eigenvalue weighted by Crippen LogP contribution is 2.29. The average Bonchev–Trinajstić information content (AvgIpc) is 2.96. The first-order chi connectivity index (χ1) is 8.47. The molecule has 0 atom stereocenters. The topological polar surface area (TPSA) is 29.1 Å². The molecular weight excluding hydrogens is 262 g/mol. The molecule has 0 aliphatic heterocycles. The molecular formula is C14H17NOS2. The highest BCUT2D eigenvalue weighted by molar-refractivity contribution is 7.14. The van der Waals surface area contributed by atoms with Gasteiger partial charge in [-0.05, 0) is 39.9 Å². The zero-order chi connectivity index (χ0) is 13.2. The Kier molecular flexibility index (Phi) is 3.88. The lowest BCUT2D eigenvalue weighted by molar-refractivity contribution is 0.0955. The molecule has 0 fully saturated rings. The summed E-state index contributed by atoms with van der Waals surface area (Å²) in [5.74, 6) is 0.0155. The molecule has 18 heavy (non-hydrogen) atoms. The van der Waals surface area contributed by atoms with Crippen LogP contribution in [0.2, 0.25) is 0 Å². The third kappa shape index (κ3) is 3.21. The number of nitrogens with one attached hydrogen (secondary N) is 1. The van der Waals surface area contributed by atoms with Gasteiger partial charge in [-0.1, -0.05) is 20.8 Å². The maximum Gasteiger partial charge on any atom is 0.261 e. The Morgan fingerprint density at radius 2 is 2.06 bits per heavy atom. The summed E-state index contributed by atoms with van der Waals surface area (Å²) in [5, 5.41) is 7.01. The second kappa shape index (κ2) is 5.24. The van der Waals surface area contributed by atoms with Crippen LogP contribution in [-0.2, 0) is 12.0 Å². The number of rotatable bonds is 3. The zero-order valence-electron chi connectivity index (χ0n) is 10.8. The van der Waals surface area contributed by atoms with Crippen molar-refractivity contribution in [2.45, 2.75) is 32.7 Å². The number of hydrogen-bond acceptors (Lipinski definition) is 3. The lowest BCUT2D eigenvalue weighted by Crippen LogP contribution is -2.21. The molecule has 0 spiro atoms. The molecule has 2 rings (SSSR count). The molecule has 0 unspecified atom stereocenters. The van der Waals surface area contributed by atoms with Gasteiger partial charge in [0.25, 0.3) is 5.91 Å². The van der Waals surface area contributed by atoms with Crippen molar-refractivity contribution in [3.8, 4) is 0 Å². The lowest BCUT2D eigenvalue weighted by Gasteiger charge is -2.15. The van der Waals surface area contributed by atoms with Crippen molar-refractivity contribution in [3.05, 3.63) is 44.3 Å². The van der Waals surface area contributed by atoms with Crippen molar-refractivity contribution in [2.75, 3.05) is 0 Å². The van der Waals surface area contributed by atoms with E-state index in [4.69, 9.17) is 0 Å². The van der Waals surface area contributed by atoms with E-state index in [0.29, 0.717) is 6.54 Å². The standard InChI is InChI=1S/C14H17NOS2/c1-14(2,3)12-5-4-11(18-12)13(16)15-8-10-6-7-17-9-10/h4-7,9H,8H2,1-3H3,(H,15,16). The Hall–Kier alpha value is -1.13. The molecule has 0 saturated carbocycles. The van der Waals surface area contributed by atoms with Crippen LogP contribution in [0.25, 0.3) is 0 Å². The van der Waals surface area contributed by atoms with Crippen molar-refractivity contribution in [3.63, 3.8) is 0 Å². The second-order valence-electron chi connectivity index (χ2n) is 5.23. The van der Waals surface area contributed by atoms with Crippen LogP contribution in [-0.4, -0.2) is 5.91 Å². The molecule has 2 aromatic heterocycles. The monoisotopic (exact) mass is 279 g/mol. The van der Waals surface area contributed by atoms with Gasteiger partial charge in [0.2, 0.25) is 0 Å². The van der Waals surface area contributed by atoms with Crippen LogP contribution in [0, 0.1) is 0 Å². The summed E-state index contributed by atoms with van der Waals surface area (Å²) in [6.45, 7) is 7.08. The van der Waals surface area contributed by atoms with Crippen molar-refractivity contribution in [1.82, 2.24) is 5.32 Å². The van der Waals surface area contributed by atoms with Crippen molar-refractivity contribution in [1.29, 1.82) is 0 Å². The largest absolute Gasteiger partial charge is 0.347 e.